The first-order chi connectivity index (χ1) is 10.1. The number of nitrogens with one attached hydrogen (secondary N) is 1. The largest absolute Gasteiger partial charge is 0.381 e. The zero-order chi connectivity index (χ0) is 15.2. The Hall–Kier alpha value is -2.11. The third kappa shape index (κ3) is 3.93. The Balaban J connectivity index is 2.16. The molecular formula is C15H15ClN2O3. The van der Waals surface area contributed by atoms with Crippen molar-refractivity contribution in [2.24, 2.45) is 0 Å². The molecule has 0 heterocycles. The third-order valence-corrected chi connectivity index (χ3v) is 3.40. The van der Waals surface area contributed by atoms with E-state index in [2.05, 4.69) is 5.32 Å². The number of benzene rings is 2. The number of anilines is 1. The second kappa shape index (κ2) is 7.06. The minimum atomic E-state index is -0.432. The molecule has 5 nitrogen and oxygen atoms in total. The molecule has 0 aromatic heterocycles. The summed E-state index contributed by atoms with van der Waals surface area (Å²) >= 11 is 6.08. The van der Waals surface area contributed by atoms with Gasteiger partial charge in [-0.3, -0.25) is 10.1 Å². The highest BCUT2D eigenvalue weighted by atomic mass is 35.5. The van der Waals surface area contributed by atoms with E-state index in [1.165, 1.54) is 18.2 Å². The minimum absolute atomic E-state index is 0.0291. The summed E-state index contributed by atoms with van der Waals surface area (Å²) in [6.07, 6.45) is 0. The van der Waals surface area contributed by atoms with Crippen LogP contribution in [0.1, 0.15) is 11.1 Å². The average molecular weight is 307 g/mol. The molecule has 0 radical (unpaired) electrons. The molecule has 0 saturated heterocycles. The summed E-state index contributed by atoms with van der Waals surface area (Å²) < 4.78 is 5.14. The first-order valence-corrected chi connectivity index (χ1v) is 6.73. The van der Waals surface area contributed by atoms with Crippen LogP contribution in [0.3, 0.4) is 0 Å². The van der Waals surface area contributed by atoms with Gasteiger partial charge in [-0.2, -0.15) is 0 Å². The van der Waals surface area contributed by atoms with E-state index in [0.29, 0.717) is 23.7 Å². The minimum Gasteiger partial charge on any atom is -0.381 e. The van der Waals surface area contributed by atoms with Gasteiger partial charge >= 0.3 is 0 Å². The van der Waals surface area contributed by atoms with E-state index in [9.17, 15) is 10.1 Å². The Morgan fingerprint density at radius 3 is 2.71 bits per heavy atom. The zero-order valence-corrected chi connectivity index (χ0v) is 12.3. The molecule has 2 aromatic rings. The molecule has 0 aliphatic carbocycles. The summed E-state index contributed by atoms with van der Waals surface area (Å²) in [5.41, 5.74) is 2.64. The van der Waals surface area contributed by atoms with Crippen molar-refractivity contribution in [2.75, 3.05) is 12.4 Å². The van der Waals surface area contributed by atoms with Crippen LogP contribution in [0.15, 0.2) is 42.5 Å². The Bertz CT molecular complexity index is 647. The van der Waals surface area contributed by atoms with Crippen molar-refractivity contribution in [1.29, 1.82) is 0 Å². The molecule has 0 aliphatic rings. The lowest BCUT2D eigenvalue weighted by atomic mass is 10.1. The number of hydrogen-bond donors (Lipinski definition) is 1. The van der Waals surface area contributed by atoms with Gasteiger partial charge in [0.05, 0.1) is 11.5 Å². The number of hydrogen-bond acceptors (Lipinski definition) is 4. The summed E-state index contributed by atoms with van der Waals surface area (Å²) in [5, 5.41) is 14.5. The number of halogens is 1. The molecular weight excluding hydrogens is 292 g/mol. The van der Waals surface area contributed by atoms with Gasteiger partial charge in [-0.1, -0.05) is 29.8 Å². The lowest BCUT2D eigenvalue weighted by Crippen LogP contribution is -2.04. The van der Waals surface area contributed by atoms with Crippen molar-refractivity contribution in [3.05, 3.63) is 68.7 Å². The van der Waals surface area contributed by atoms with Crippen LogP contribution in [0, 0.1) is 10.1 Å². The van der Waals surface area contributed by atoms with Crippen molar-refractivity contribution in [1.82, 2.24) is 0 Å². The molecule has 2 aromatic carbocycles. The number of methoxy groups -OCH3 is 1. The molecule has 21 heavy (non-hydrogen) atoms. The fourth-order valence-electron chi connectivity index (χ4n) is 1.97. The number of nitrogens with zero attached hydrogens (tertiary/aromatic N) is 1. The molecule has 0 saturated carbocycles. The van der Waals surface area contributed by atoms with Gasteiger partial charge in [0.25, 0.3) is 5.69 Å². The molecule has 0 fully saturated rings. The molecule has 110 valence electrons. The van der Waals surface area contributed by atoms with E-state index in [1.807, 2.05) is 24.3 Å². The smallest absolute Gasteiger partial charge is 0.269 e. The van der Waals surface area contributed by atoms with Gasteiger partial charge < -0.3 is 10.1 Å². The highest BCUT2D eigenvalue weighted by Gasteiger charge is 2.10. The zero-order valence-electron chi connectivity index (χ0n) is 11.5. The van der Waals surface area contributed by atoms with E-state index in [4.69, 9.17) is 16.3 Å². The summed E-state index contributed by atoms with van der Waals surface area (Å²) in [6.45, 7) is 0.896. The maximum absolute atomic E-state index is 10.8. The van der Waals surface area contributed by atoms with Crippen molar-refractivity contribution < 1.29 is 9.66 Å². The molecule has 6 heteroatoms. The van der Waals surface area contributed by atoms with E-state index in [-0.39, 0.29) is 5.69 Å². The van der Waals surface area contributed by atoms with Gasteiger partial charge in [-0.15, -0.1) is 0 Å². The second-order valence-corrected chi connectivity index (χ2v) is 4.88. The number of ether oxygens (including phenoxy) is 1. The fourth-order valence-corrected chi connectivity index (χ4v) is 2.16. The Labute approximate surface area is 127 Å². The first kappa shape index (κ1) is 15.3. The SMILES string of the molecule is COCc1ccccc1NCc1cc([N+](=O)[O-])ccc1Cl. The third-order valence-electron chi connectivity index (χ3n) is 3.03. The second-order valence-electron chi connectivity index (χ2n) is 4.48. The molecule has 0 unspecified atom stereocenters. The van der Waals surface area contributed by atoms with Crippen LogP contribution in [-0.2, 0) is 17.9 Å². The summed E-state index contributed by atoms with van der Waals surface area (Å²) in [4.78, 5) is 10.4. The monoisotopic (exact) mass is 306 g/mol. The Morgan fingerprint density at radius 1 is 1.24 bits per heavy atom. The normalized spacial score (nSPS) is 10.4. The van der Waals surface area contributed by atoms with E-state index >= 15 is 0 Å². The highest BCUT2D eigenvalue weighted by Crippen LogP contribution is 2.24. The predicted octanol–water partition coefficient (Wildman–Crippen LogP) is 4.01. The van der Waals surface area contributed by atoms with E-state index in [1.54, 1.807) is 7.11 Å². The number of rotatable bonds is 6. The topological polar surface area (TPSA) is 64.4 Å². The van der Waals surface area contributed by atoms with Crippen LogP contribution in [-0.4, -0.2) is 12.0 Å². The molecule has 0 atom stereocenters. The molecule has 0 aliphatic heterocycles. The standard InChI is InChI=1S/C15H15ClN2O3/c1-21-10-11-4-2-3-5-15(11)17-9-12-8-13(18(19)20)6-7-14(12)16/h2-8,17H,9-10H2,1H3. The molecule has 0 spiro atoms. The van der Waals surface area contributed by atoms with Gasteiger partial charge in [0.1, 0.15) is 0 Å². The number of nitro benzene ring substituents is 1. The number of para-hydroxylation sites is 1. The van der Waals surface area contributed by atoms with E-state index < -0.39 is 4.92 Å². The van der Waals surface area contributed by atoms with Crippen LogP contribution < -0.4 is 5.32 Å². The lowest BCUT2D eigenvalue weighted by molar-refractivity contribution is -0.384. The Morgan fingerprint density at radius 2 is 2.00 bits per heavy atom. The average Bonchev–Trinajstić information content (AvgIpc) is 2.48. The van der Waals surface area contributed by atoms with Gasteiger partial charge in [0.15, 0.2) is 0 Å². The molecule has 2 rings (SSSR count). The Kier molecular flexibility index (Phi) is 5.14. The number of non-ortho nitro benzene ring substituents is 1. The summed E-state index contributed by atoms with van der Waals surface area (Å²) in [6, 6.07) is 12.1. The summed E-state index contributed by atoms with van der Waals surface area (Å²) in [5.74, 6) is 0. The summed E-state index contributed by atoms with van der Waals surface area (Å²) in [7, 11) is 1.63. The van der Waals surface area contributed by atoms with Crippen molar-refractivity contribution in [2.45, 2.75) is 13.2 Å². The number of nitro groups is 1. The van der Waals surface area contributed by atoms with Crippen molar-refractivity contribution in [3.63, 3.8) is 0 Å². The van der Waals surface area contributed by atoms with Crippen molar-refractivity contribution in [3.8, 4) is 0 Å². The first-order valence-electron chi connectivity index (χ1n) is 6.35. The molecule has 1 N–H and O–H groups in total. The molecule has 0 bridgehead atoms. The highest BCUT2D eigenvalue weighted by molar-refractivity contribution is 6.31. The fraction of sp³-hybridized carbons (Fsp3) is 0.200. The van der Waals surface area contributed by atoms with E-state index in [0.717, 1.165) is 11.3 Å². The van der Waals surface area contributed by atoms with Gasteiger partial charge in [-0.25, -0.2) is 0 Å². The maximum Gasteiger partial charge on any atom is 0.269 e. The van der Waals surface area contributed by atoms with Crippen LogP contribution in [0.25, 0.3) is 0 Å². The predicted molar refractivity (Wildman–Crippen MR) is 82.6 cm³/mol. The quantitative estimate of drug-likeness (QED) is 0.647. The van der Waals surface area contributed by atoms with Gasteiger partial charge in [0.2, 0.25) is 0 Å². The van der Waals surface area contributed by atoms with Gasteiger partial charge in [0, 0.05) is 42.1 Å². The van der Waals surface area contributed by atoms with Crippen LogP contribution in [0.4, 0.5) is 11.4 Å². The maximum atomic E-state index is 10.8. The van der Waals surface area contributed by atoms with Crippen LogP contribution >= 0.6 is 11.6 Å². The van der Waals surface area contributed by atoms with Crippen molar-refractivity contribution >= 4 is 23.0 Å². The van der Waals surface area contributed by atoms with Gasteiger partial charge in [-0.05, 0) is 17.7 Å². The lowest BCUT2D eigenvalue weighted by Gasteiger charge is -2.12. The van der Waals surface area contributed by atoms with Crippen LogP contribution in [0.5, 0.6) is 0 Å². The molecule has 0 amide bonds. The van der Waals surface area contributed by atoms with Crippen LogP contribution in [0.2, 0.25) is 5.02 Å².